The van der Waals surface area contributed by atoms with E-state index < -0.39 is 0 Å². The van der Waals surface area contributed by atoms with Crippen molar-refractivity contribution in [2.24, 2.45) is 0 Å². The van der Waals surface area contributed by atoms with Crippen LogP contribution < -0.4 is 5.32 Å². The first kappa shape index (κ1) is 9.15. The Labute approximate surface area is 86.8 Å². The zero-order chi connectivity index (χ0) is 9.97. The summed E-state index contributed by atoms with van der Waals surface area (Å²) in [6.45, 7) is 1.97. The van der Waals surface area contributed by atoms with Crippen molar-refractivity contribution in [1.82, 2.24) is 9.97 Å². The van der Waals surface area contributed by atoms with Crippen LogP contribution in [0.2, 0.25) is 0 Å². The number of thiophene rings is 1. The SMILES string of the molecule is CNc1cc(C)nc(-c2ccsc2)n1. The molecule has 0 amide bonds. The third-order valence-corrected chi connectivity index (χ3v) is 2.57. The molecule has 0 spiro atoms. The molecule has 4 heteroatoms. The van der Waals surface area contributed by atoms with E-state index in [4.69, 9.17) is 0 Å². The Kier molecular flexibility index (Phi) is 2.45. The molecule has 14 heavy (non-hydrogen) atoms. The van der Waals surface area contributed by atoms with Gasteiger partial charge in [-0.3, -0.25) is 0 Å². The molecule has 2 heterocycles. The van der Waals surface area contributed by atoms with Gasteiger partial charge in [0.1, 0.15) is 5.82 Å². The maximum absolute atomic E-state index is 4.38. The molecule has 0 aromatic carbocycles. The van der Waals surface area contributed by atoms with E-state index in [-0.39, 0.29) is 0 Å². The van der Waals surface area contributed by atoms with Gasteiger partial charge in [-0.1, -0.05) is 0 Å². The first-order valence-corrected chi connectivity index (χ1v) is 5.30. The average molecular weight is 205 g/mol. The lowest BCUT2D eigenvalue weighted by molar-refractivity contribution is 1.11. The van der Waals surface area contributed by atoms with E-state index in [9.17, 15) is 0 Å². The topological polar surface area (TPSA) is 37.8 Å². The molecule has 1 N–H and O–H groups in total. The van der Waals surface area contributed by atoms with Crippen molar-refractivity contribution >= 4 is 17.2 Å². The molecule has 3 nitrogen and oxygen atoms in total. The number of anilines is 1. The van der Waals surface area contributed by atoms with Crippen LogP contribution in [-0.4, -0.2) is 17.0 Å². The fraction of sp³-hybridized carbons (Fsp3) is 0.200. The van der Waals surface area contributed by atoms with Crippen LogP contribution >= 0.6 is 11.3 Å². The molecule has 2 aromatic rings. The van der Waals surface area contributed by atoms with Gasteiger partial charge in [0.2, 0.25) is 0 Å². The van der Waals surface area contributed by atoms with Crippen LogP contribution in [-0.2, 0) is 0 Å². The molecule has 0 bridgehead atoms. The van der Waals surface area contributed by atoms with Crippen LogP contribution in [0.3, 0.4) is 0 Å². The molecule has 0 aliphatic carbocycles. The average Bonchev–Trinajstić information content (AvgIpc) is 2.69. The van der Waals surface area contributed by atoms with E-state index in [1.165, 1.54) is 0 Å². The zero-order valence-corrected chi connectivity index (χ0v) is 8.93. The van der Waals surface area contributed by atoms with Gasteiger partial charge in [0.25, 0.3) is 0 Å². The summed E-state index contributed by atoms with van der Waals surface area (Å²) in [5.41, 5.74) is 2.06. The molecule has 0 atom stereocenters. The molecule has 0 unspecified atom stereocenters. The summed E-state index contributed by atoms with van der Waals surface area (Å²) in [5.74, 6) is 1.65. The second kappa shape index (κ2) is 3.75. The fourth-order valence-corrected chi connectivity index (χ4v) is 1.85. The number of rotatable bonds is 2. The molecule has 72 valence electrons. The second-order valence-electron chi connectivity index (χ2n) is 2.98. The van der Waals surface area contributed by atoms with E-state index in [0.29, 0.717) is 0 Å². The predicted octanol–water partition coefficient (Wildman–Crippen LogP) is 2.56. The van der Waals surface area contributed by atoms with Gasteiger partial charge in [-0.25, -0.2) is 9.97 Å². The summed E-state index contributed by atoms with van der Waals surface area (Å²) >= 11 is 1.65. The Bertz CT molecular complexity index is 423. The first-order chi connectivity index (χ1) is 6.79. The van der Waals surface area contributed by atoms with Crippen molar-refractivity contribution in [3.8, 4) is 11.4 Å². The number of nitrogens with zero attached hydrogens (tertiary/aromatic N) is 2. The highest BCUT2D eigenvalue weighted by molar-refractivity contribution is 7.08. The second-order valence-corrected chi connectivity index (χ2v) is 3.76. The Hall–Kier alpha value is -1.42. The molecule has 2 rings (SSSR count). The van der Waals surface area contributed by atoms with Gasteiger partial charge < -0.3 is 5.32 Å². The van der Waals surface area contributed by atoms with E-state index in [1.54, 1.807) is 11.3 Å². The van der Waals surface area contributed by atoms with Crippen LogP contribution in [0.1, 0.15) is 5.69 Å². The van der Waals surface area contributed by atoms with Crippen molar-refractivity contribution in [2.75, 3.05) is 12.4 Å². The summed E-state index contributed by atoms with van der Waals surface area (Å²) in [5, 5.41) is 7.10. The minimum absolute atomic E-state index is 0.788. The molecular weight excluding hydrogens is 194 g/mol. The van der Waals surface area contributed by atoms with Crippen LogP contribution in [0, 0.1) is 6.92 Å². The molecule has 0 fully saturated rings. The van der Waals surface area contributed by atoms with Crippen molar-refractivity contribution in [3.05, 3.63) is 28.6 Å². The Morgan fingerprint density at radius 2 is 2.21 bits per heavy atom. The van der Waals surface area contributed by atoms with Crippen molar-refractivity contribution in [2.45, 2.75) is 6.92 Å². The quantitative estimate of drug-likeness (QED) is 0.818. The van der Waals surface area contributed by atoms with Crippen molar-refractivity contribution in [3.63, 3.8) is 0 Å². The lowest BCUT2D eigenvalue weighted by Gasteiger charge is -2.03. The van der Waals surface area contributed by atoms with Crippen LogP contribution in [0.15, 0.2) is 22.9 Å². The summed E-state index contributed by atoms with van der Waals surface area (Å²) in [6, 6.07) is 3.95. The predicted molar refractivity (Wildman–Crippen MR) is 59.6 cm³/mol. The number of aromatic nitrogens is 2. The van der Waals surface area contributed by atoms with E-state index in [0.717, 1.165) is 22.9 Å². The Morgan fingerprint density at radius 1 is 1.36 bits per heavy atom. The fourth-order valence-electron chi connectivity index (χ4n) is 1.22. The van der Waals surface area contributed by atoms with Crippen LogP contribution in [0.5, 0.6) is 0 Å². The summed E-state index contributed by atoms with van der Waals surface area (Å²) in [4.78, 5) is 8.76. The van der Waals surface area contributed by atoms with Crippen LogP contribution in [0.4, 0.5) is 5.82 Å². The summed E-state index contributed by atoms with van der Waals surface area (Å²) in [6.07, 6.45) is 0. The van der Waals surface area contributed by atoms with E-state index in [1.807, 2.05) is 36.9 Å². The van der Waals surface area contributed by atoms with E-state index in [2.05, 4.69) is 15.3 Å². The minimum atomic E-state index is 0.788. The molecule has 0 saturated carbocycles. The highest BCUT2D eigenvalue weighted by atomic mass is 32.1. The molecule has 0 aliphatic rings. The Morgan fingerprint density at radius 3 is 2.86 bits per heavy atom. The Balaban J connectivity index is 2.48. The molecule has 0 aliphatic heterocycles. The molecule has 0 saturated heterocycles. The zero-order valence-electron chi connectivity index (χ0n) is 8.11. The van der Waals surface area contributed by atoms with Gasteiger partial charge in [0.05, 0.1) is 0 Å². The van der Waals surface area contributed by atoms with Gasteiger partial charge in [0.15, 0.2) is 5.82 Å². The minimum Gasteiger partial charge on any atom is -0.373 e. The van der Waals surface area contributed by atoms with Gasteiger partial charge >= 0.3 is 0 Å². The van der Waals surface area contributed by atoms with Crippen LogP contribution in [0.25, 0.3) is 11.4 Å². The third-order valence-electron chi connectivity index (χ3n) is 1.89. The summed E-state index contributed by atoms with van der Waals surface area (Å²) < 4.78 is 0. The lowest BCUT2D eigenvalue weighted by atomic mass is 10.3. The normalized spacial score (nSPS) is 10.1. The van der Waals surface area contributed by atoms with Crippen molar-refractivity contribution < 1.29 is 0 Å². The number of nitrogens with one attached hydrogen (secondary N) is 1. The van der Waals surface area contributed by atoms with Crippen molar-refractivity contribution in [1.29, 1.82) is 0 Å². The maximum atomic E-state index is 4.38. The summed E-state index contributed by atoms with van der Waals surface area (Å²) in [7, 11) is 1.86. The highest BCUT2D eigenvalue weighted by Crippen LogP contribution is 2.19. The molecular formula is C10H11N3S. The third kappa shape index (κ3) is 1.75. The number of hydrogen-bond acceptors (Lipinski definition) is 4. The smallest absolute Gasteiger partial charge is 0.162 e. The van der Waals surface area contributed by atoms with Gasteiger partial charge in [-0.05, 0) is 18.4 Å². The van der Waals surface area contributed by atoms with E-state index >= 15 is 0 Å². The standard InChI is InChI=1S/C10H11N3S/c1-7-5-9(11-2)13-10(12-7)8-3-4-14-6-8/h3-6H,1-2H3,(H,11,12,13). The number of aryl methyl sites for hydroxylation is 1. The largest absolute Gasteiger partial charge is 0.373 e. The van der Waals surface area contributed by atoms with Gasteiger partial charge in [-0.15, -0.1) is 0 Å². The lowest BCUT2D eigenvalue weighted by Crippen LogP contribution is -1.97. The first-order valence-electron chi connectivity index (χ1n) is 4.35. The molecule has 2 aromatic heterocycles. The maximum Gasteiger partial charge on any atom is 0.162 e. The number of hydrogen-bond donors (Lipinski definition) is 1. The van der Waals surface area contributed by atoms with Gasteiger partial charge in [0, 0.05) is 29.8 Å². The highest BCUT2D eigenvalue weighted by Gasteiger charge is 2.03. The monoisotopic (exact) mass is 205 g/mol. The molecule has 0 radical (unpaired) electrons. The van der Waals surface area contributed by atoms with Gasteiger partial charge in [-0.2, -0.15) is 11.3 Å².